The molecule has 1 aliphatic heterocycles. The summed E-state index contributed by atoms with van der Waals surface area (Å²) < 4.78 is 0. The van der Waals surface area contributed by atoms with Crippen molar-refractivity contribution >= 4 is 23.2 Å². The molecule has 0 aliphatic carbocycles. The number of hydrogen-bond acceptors (Lipinski definition) is 2. The second-order valence-electron chi connectivity index (χ2n) is 4.83. The number of amides is 1. The zero-order valence-corrected chi connectivity index (χ0v) is 11.6. The predicted octanol–water partition coefficient (Wildman–Crippen LogP) is 2.79. The molecule has 1 unspecified atom stereocenters. The summed E-state index contributed by atoms with van der Waals surface area (Å²) in [6.07, 6.45) is 0.707. The van der Waals surface area contributed by atoms with E-state index in [-0.39, 0.29) is 11.9 Å². The Kier molecular flexibility index (Phi) is 3.61. The number of anilines is 1. The van der Waals surface area contributed by atoms with Crippen molar-refractivity contribution < 1.29 is 4.79 Å². The molecule has 0 aromatic heterocycles. The average molecular weight is 286 g/mol. The molecule has 0 saturated carbocycles. The fourth-order valence-corrected chi connectivity index (χ4v) is 2.43. The standard InChI is InChI=1S/C16H14ClN2O/c17-13-7-5-11(6-8-13)10-18-16(20)15-9-12-3-1-2-4-14(12)19-15/h2-8,15,19H,9-10H2,(H,18,20). The third-order valence-corrected chi connectivity index (χ3v) is 3.65. The molecule has 2 N–H and O–H groups in total. The number of benzene rings is 2. The van der Waals surface area contributed by atoms with Crippen LogP contribution >= 0.6 is 11.6 Å². The Labute approximate surface area is 123 Å². The molecule has 2 aromatic carbocycles. The zero-order chi connectivity index (χ0) is 13.9. The Hall–Kier alpha value is -2.00. The molecule has 3 nitrogen and oxygen atoms in total. The molecule has 0 fully saturated rings. The molecule has 20 heavy (non-hydrogen) atoms. The number of rotatable bonds is 3. The van der Waals surface area contributed by atoms with Gasteiger partial charge in [0.25, 0.3) is 0 Å². The highest BCUT2D eigenvalue weighted by atomic mass is 35.5. The molecule has 3 rings (SSSR count). The van der Waals surface area contributed by atoms with Gasteiger partial charge in [0, 0.05) is 23.7 Å². The summed E-state index contributed by atoms with van der Waals surface area (Å²) in [5.74, 6) is 0.0103. The first-order chi connectivity index (χ1) is 9.72. The van der Waals surface area contributed by atoms with E-state index in [4.69, 9.17) is 11.6 Å². The molecule has 1 atom stereocenters. The van der Waals surface area contributed by atoms with Crippen LogP contribution in [0.4, 0.5) is 5.69 Å². The van der Waals surface area contributed by atoms with E-state index in [1.165, 1.54) is 0 Å². The van der Waals surface area contributed by atoms with Gasteiger partial charge in [0.1, 0.15) is 6.04 Å². The predicted molar refractivity (Wildman–Crippen MR) is 79.7 cm³/mol. The first-order valence-corrected chi connectivity index (χ1v) is 6.88. The van der Waals surface area contributed by atoms with Crippen molar-refractivity contribution in [1.29, 1.82) is 0 Å². The monoisotopic (exact) mass is 285 g/mol. The lowest BCUT2D eigenvalue weighted by Gasteiger charge is -2.12. The van der Waals surface area contributed by atoms with Gasteiger partial charge in [-0.05, 0) is 41.5 Å². The largest absolute Gasteiger partial charge is 0.373 e. The number of halogens is 1. The number of carbonyl (C=O) groups excluding carboxylic acids is 1. The molecule has 0 bridgehead atoms. The van der Waals surface area contributed by atoms with E-state index in [9.17, 15) is 4.79 Å². The van der Waals surface area contributed by atoms with Crippen LogP contribution in [0.15, 0.2) is 42.5 Å². The first kappa shape index (κ1) is 13.0. The van der Waals surface area contributed by atoms with Crippen LogP contribution in [-0.4, -0.2) is 11.9 Å². The second kappa shape index (κ2) is 5.55. The second-order valence-corrected chi connectivity index (χ2v) is 5.27. The summed E-state index contributed by atoms with van der Waals surface area (Å²) in [5, 5.41) is 6.87. The van der Waals surface area contributed by atoms with Gasteiger partial charge in [-0.15, -0.1) is 0 Å². The molecule has 0 spiro atoms. The van der Waals surface area contributed by atoms with Crippen molar-refractivity contribution in [3.8, 4) is 0 Å². The third kappa shape index (κ3) is 2.78. The maximum atomic E-state index is 12.1. The smallest absolute Gasteiger partial charge is 0.243 e. The van der Waals surface area contributed by atoms with Gasteiger partial charge in [-0.3, -0.25) is 4.79 Å². The molecule has 1 aliphatic rings. The van der Waals surface area contributed by atoms with Crippen molar-refractivity contribution in [2.75, 3.05) is 5.32 Å². The van der Waals surface area contributed by atoms with E-state index in [0.717, 1.165) is 16.8 Å². The van der Waals surface area contributed by atoms with Gasteiger partial charge in [-0.2, -0.15) is 0 Å². The zero-order valence-electron chi connectivity index (χ0n) is 10.8. The summed E-state index contributed by atoms with van der Waals surface area (Å²) >= 11 is 5.83. The van der Waals surface area contributed by atoms with Crippen molar-refractivity contribution in [3.63, 3.8) is 0 Å². The van der Waals surface area contributed by atoms with E-state index in [2.05, 4.69) is 16.7 Å². The van der Waals surface area contributed by atoms with Gasteiger partial charge in [-0.25, -0.2) is 0 Å². The SMILES string of the molecule is O=C(NCc1ccc(Cl)cc1)C1Cc2c[c]ccc2N1. The highest BCUT2D eigenvalue weighted by Gasteiger charge is 2.25. The van der Waals surface area contributed by atoms with E-state index in [1.807, 2.05) is 42.5 Å². The minimum absolute atomic E-state index is 0.0103. The van der Waals surface area contributed by atoms with Crippen molar-refractivity contribution in [1.82, 2.24) is 5.32 Å². The third-order valence-electron chi connectivity index (χ3n) is 3.40. The van der Waals surface area contributed by atoms with Crippen LogP contribution in [0, 0.1) is 6.07 Å². The Bertz CT molecular complexity index is 600. The van der Waals surface area contributed by atoms with Gasteiger partial charge in [0.2, 0.25) is 5.91 Å². The van der Waals surface area contributed by atoms with Gasteiger partial charge in [0.15, 0.2) is 0 Å². The lowest BCUT2D eigenvalue weighted by molar-refractivity contribution is -0.121. The van der Waals surface area contributed by atoms with Crippen LogP contribution in [0.5, 0.6) is 0 Å². The van der Waals surface area contributed by atoms with E-state index >= 15 is 0 Å². The van der Waals surface area contributed by atoms with Crippen molar-refractivity contribution in [2.45, 2.75) is 19.0 Å². The van der Waals surface area contributed by atoms with Crippen LogP contribution in [0.2, 0.25) is 5.02 Å². The van der Waals surface area contributed by atoms with Crippen LogP contribution in [0.1, 0.15) is 11.1 Å². The molecule has 1 heterocycles. The summed E-state index contributed by atoms with van der Waals surface area (Å²) in [6, 6.07) is 16.0. The normalized spacial score (nSPS) is 16.4. The van der Waals surface area contributed by atoms with E-state index in [0.29, 0.717) is 18.0 Å². The van der Waals surface area contributed by atoms with Crippen LogP contribution < -0.4 is 10.6 Å². The van der Waals surface area contributed by atoms with Gasteiger partial charge >= 0.3 is 0 Å². The maximum absolute atomic E-state index is 12.1. The molecule has 2 aromatic rings. The van der Waals surface area contributed by atoms with Crippen LogP contribution in [0.25, 0.3) is 0 Å². The fourth-order valence-electron chi connectivity index (χ4n) is 2.31. The van der Waals surface area contributed by atoms with E-state index < -0.39 is 0 Å². The summed E-state index contributed by atoms with van der Waals surface area (Å²) in [5.41, 5.74) is 3.20. The molecule has 1 amide bonds. The van der Waals surface area contributed by atoms with Crippen LogP contribution in [0.3, 0.4) is 0 Å². The number of fused-ring (bicyclic) bond motifs is 1. The van der Waals surface area contributed by atoms with Crippen molar-refractivity contribution in [3.05, 3.63) is 64.7 Å². The van der Waals surface area contributed by atoms with Crippen LogP contribution in [-0.2, 0) is 17.8 Å². The summed E-state index contributed by atoms with van der Waals surface area (Å²) in [7, 11) is 0. The molecular weight excluding hydrogens is 272 g/mol. The Morgan fingerprint density at radius 1 is 1.35 bits per heavy atom. The number of hydrogen-bond donors (Lipinski definition) is 2. The Morgan fingerprint density at radius 3 is 2.90 bits per heavy atom. The summed E-state index contributed by atoms with van der Waals surface area (Å²) in [6.45, 7) is 0.511. The minimum Gasteiger partial charge on any atom is -0.373 e. The van der Waals surface area contributed by atoms with Gasteiger partial charge < -0.3 is 10.6 Å². The molecule has 1 radical (unpaired) electrons. The molecule has 0 saturated heterocycles. The number of carbonyl (C=O) groups is 1. The lowest BCUT2D eigenvalue weighted by atomic mass is 10.1. The maximum Gasteiger partial charge on any atom is 0.243 e. The average Bonchev–Trinajstić information content (AvgIpc) is 2.90. The van der Waals surface area contributed by atoms with Gasteiger partial charge in [0.05, 0.1) is 0 Å². The fraction of sp³-hybridized carbons (Fsp3) is 0.188. The first-order valence-electron chi connectivity index (χ1n) is 6.50. The highest BCUT2D eigenvalue weighted by Crippen LogP contribution is 2.24. The van der Waals surface area contributed by atoms with Crippen molar-refractivity contribution in [2.24, 2.45) is 0 Å². The molecular formula is C16H14ClN2O. The van der Waals surface area contributed by atoms with E-state index in [1.54, 1.807) is 0 Å². The summed E-state index contributed by atoms with van der Waals surface area (Å²) in [4.78, 5) is 12.1. The van der Waals surface area contributed by atoms with Gasteiger partial charge in [-0.1, -0.05) is 29.8 Å². The Balaban J connectivity index is 1.57. The lowest BCUT2D eigenvalue weighted by Crippen LogP contribution is -2.38. The number of nitrogens with one attached hydrogen (secondary N) is 2. The Morgan fingerprint density at radius 2 is 2.15 bits per heavy atom. The quantitative estimate of drug-likeness (QED) is 0.910. The molecule has 101 valence electrons. The topological polar surface area (TPSA) is 41.1 Å². The highest BCUT2D eigenvalue weighted by molar-refractivity contribution is 6.30. The molecule has 4 heteroatoms. The minimum atomic E-state index is -0.201.